The number of hydrogen-bond acceptors (Lipinski definition) is 4. The summed E-state index contributed by atoms with van der Waals surface area (Å²) in [6.07, 6.45) is 1.34. The highest BCUT2D eigenvalue weighted by Crippen LogP contribution is 2.27. The van der Waals surface area contributed by atoms with E-state index in [-0.39, 0.29) is 34.8 Å². The van der Waals surface area contributed by atoms with Crippen molar-refractivity contribution >= 4 is 29.3 Å². The van der Waals surface area contributed by atoms with Gasteiger partial charge in [-0.2, -0.15) is 8.78 Å². The number of pyridine rings is 1. The summed E-state index contributed by atoms with van der Waals surface area (Å²) >= 11 is 0.203. The Morgan fingerprint density at radius 3 is 2.65 bits per heavy atom. The molecule has 0 spiro atoms. The molecule has 2 aromatic rings. The van der Waals surface area contributed by atoms with Crippen LogP contribution >= 0.6 is 11.8 Å². The predicted molar refractivity (Wildman–Crippen MR) is 97.6 cm³/mol. The second kappa shape index (κ2) is 8.75. The number of hydrogen-bond donors (Lipinski definition) is 1. The zero-order valence-electron chi connectivity index (χ0n) is 14.6. The number of rotatable bonds is 6. The Bertz CT molecular complexity index is 815. The van der Waals surface area contributed by atoms with Gasteiger partial charge in [0.15, 0.2) is 0 Å². The molecule has 2 amide bonds. The van der Waals surface area contributed by atoms with Crippen molar-refractivity contribution in [3.05, 3.63) is 53.2 Å². The van der Waals surface area contributed by atoms with Crippen LogP contribution in [0.4, 0.5) is 14.5 Å². The number of nitrogens with one attached hydrogen (secondary N) is 1. The van der Waals surface area contributed by atoms with Crippen LogP contribution in [0.5, 0.6) is 0 Å². The van der Waals surface area contributed by atoms with Crippen LogP contribution in [0.2, 0.25) is 0 Å². The number of thioether (sulfide) groups is 1. The highest BCUT2D eigenvalue weighted by Gasteiger charge is 2.21. The highest BCUT2D eigenvalue weighted by atomic mass is 32.2. The normalized spacial score (nSPS) is 10.7. The summed E-state index contributed by atoms with van der Waals surface area (Å²) in [5.41, 5.74) is 2.69. The lowest BCUT2D eigenvalue weighted by atomic mass is 10.1. The molecule has 0 fully saturated rings. The van der Waals surface area contributed by atoms with Gasteiger partial charge >= 0.3 is 0 Å². The standard InChI is InChI=1S/C18H19F2N3O2S/c1-11-6-4-8-14(12(11)2)22-15(24)10-23(3)17(25)13-7-5-9-21-16(13)26-18(19)20/h4-9,18H,10H2,1-3H3,(H,22,24). The van der Waals surface area contributed by atoms with Gasteiger partial charge < -0.3 is 10.2 Å². The van der Waals surface area contributed by atoms with Crippen LogP contribution < -0.4 is 5.32 Å². The van der Waals surface area contributed by atoms with E-state index in [1.54, 1.807) is 6.07 Å². The molecule has 0 atom stereocenters. The minimum absolute atomic E-state index is 0.0415. The molecule has 2 rings (SSSR count). The van der Waals surface area contributed by atoms with Crippen LogP contribution in [0.25, 0.3) is 0 Å². The molecule has 5 nitrogen and oxygen atoms in total. The molecule has 0 saturated carbocycles. The van der Waals surface area contributed by atoms with Crippen molar-refractivity contribution in [2.45, 2.75) is 24.6 Å². The smallest absolute Gasteiger partial charge is 0.290 e. The van der Waals surface area contributed by atoms with Gasteiger partial charge in [-0.1, -0.05) is 12.1 Å². The van der Waals surface area contributed by atoms with Gasteiger partial charge in [-0.05, 0) is 54.9 Å². The van der Waals surface area contributed by atoms with E-state index in [0.29, 0.717) is 5.69 Å². The number of halogens is 2. The Morgan fingerprint density at radius 2 is 1.96 bits per heavy atom. The Hall–Kier alpha value is -2.48. The predicted octanol–water partition coefficient (Wildman–Crippen LogP) is 3.72. The van der Waals surface area contributed by atoms with Crippen LogP contribution in [0.15, 0.2) is 41.6 Å². The van der Waals surface area contributed by atoms with Crippen molar-refractivity contribution in [2.24, 2.45) is 0 Å². The Kier molecular flexibility index (Phi) is 6.68. The molecule has 8 heteroatoms. The lowest BCUT2D eigenvalue weighted by Gasteiger charge is -2.18. The van der Waals surface area contributed by atoms with Crippen LogP contribution in [0, 0.1) is 13.8 Å². The molecule has 0 unspecified atom stereocenters. The zero-order chi connectivity index (χ0) is 19.3. The number of carbonyl (C=O) groups excluding carboxylic acids is 2. The number of benzene rings is 1. The Morgan fingerprint density at radius 1 is 1.23 bits per heavy atom. The summed E-state index contributed by atoms with van der Waals surface area (Å²) in [6.45, 7) is 3.62. The number of aryl methyl sites for hydroxylation is 1. The quantitative estimate of drug-likeness (QED) is 0.777. The molecule has 0 saturated heterocycles. The van der Waals surface area contributed by atoms with Gasteiger partial charge in [-0.3, -0.25) is 9.59 Å². The Balaban J connectivity index is 2.07. The van der Waals surface area contributed by atoms with Gasteiger partial charge in [0.25, 0.3) is 11.7 Å². The minimum Gasteiger partial charge on any atom is -0.332 e. The third-order valence-electron chi connectivity index (χ3n) is 3.81. The van der Waals surface area contributed by atoms with Crippen LogP contribution in [-0.2, 0) is 4.79 Å². The first kappa shape index (κ1) is 19.8. The van der Waals surface area contributed by atoms with Gasteiger partial charge in [0, 0.05) is 18.9 Å². The van der Waals surface area contributed by atoms with Crippen molar-refractivity contribution in [2.75, 3.05) is 18.9 Å². The molecule has 0 aliphatic heterocycles. The van der Waals surface area contributed by atoms with E-state index in [1.165, 1.54) is 30.3 Å². The lowest BCUT2D eigenvalue weighted by molar-refractivity contribution is -0.116. The maximum Gasteiger partial charge on any atom is 0.290 e. The van der Waals surface area contributed by atoms with Crippen molar-refractivity contribution in [3.63, 3.8) is 0 Å². The molecular formula is C18H19F2N3O2S. The number of nitrogens with zero attached hydrogens (tertiary/aromatic N) is 2. The van der Waals surface area contributed by atoms with E-state index in [0.717, 1.165) is 11.1 Å². The third kappa shape index (κ3) is 5.01. The summed E-state index contributed by atoms with van der Waals surface area (Å²) < 4.78 is 25.2. The molecule has 0 radical (unpaired) electrons. The van der Waals surface area contributed by atoms with Gasteiger partial charge in [0.2, 0.25) is 5.91 Å². The summed E-state index contributed by atoms with van der Waals surface area (Å²) in [7, 11) is 1.44. The third-order valence-corrected chi connectivity index (χ3v) is 4.54. The maximum absolute atomic E-state index is 12.6. The zero-order valence-corrected chi connectivity index (χ0v) is 15.4. The fourth-order valence-electron chi connectivity index (χ4n) is 2.30. The number of amides is 2. The number of aromatic nitrogens is 1. The number of likely N-dealkylation sites (N-methyl/N-ethyl adjacent to an activating group) is 1. The fourth-order valence-corrected chi connectivity index (χ4v) is 2.87. The highest BCUT2D eigenvalue weighted by molar-refractivity contribution is 7.99. The Labute approximate surface area is 154 Å². The van der Waals surface area contributed by atoms with Crippen LogP contribution in [0.1, 0.15) is 21.5 Å². The summed E-state index contributed by atoms with van der Waals surface area (Å²) in [5, 5.41) is 2.70. The van der Waals surface area contributed by atoms with Crippen molar-refractivity contribution < 1.29 is 18.4 Å². The first-order valence-corrected chi connectivity index (χ1v) is 8.69. The summed E-state index contributed by atoms with van der Waals surface area (Å²) in [6, 6.07) is 8.45. The molecule has 0 bridgehead atoms. The number of carbonyl (C=O) groups is 2. The fraction of sp³-hybridized carbons (Fsp3) is 0.278. The first-order valence-electron chi connectivity index (χ1n) is 7.81. The first-order chi connectivity index (χ1) is 12.3. The van der Waals surface area contributed by atoms with E-state index in [9.17, 15) is 18.4 Å². The SMILES string of the molecule is Cc1cccc(NC(=O)CN(C)C(=O)c2cccnc2SC(F)F)c1C. The molecule has 0 aliphatic rings. The van der Waals surface area contributed by atoms with Gasteiger partial charge in [-0.25, -0.2) is 4.98 Å². The van der Waals surface area contributed by atoms with E-state index < -0.39 is 11.7 Å². The van der Waals surface area contributed by atoms with Crippen molar-refractivity contribution in [1.82, 2.24) is 9.88 Å². The second-order valence-electron chi connectivity index (χ2n) is 5.69. The molecule has 1 aromatic carbocycles. The van der Waals surface area contributed by atoms with E-state index in [2.05, 4.69) is 10.3 Å². The van der Waals surface area contributed by atoms with E-state index in [1.807, 2.05) is 26.0 Å². The number of anilines is 1. The molecule has 138 valence electrons. The maximum atomic E-state index is 12.6. The number of alkyl halides is 2. The monoisotopic (exact) mass is 379 g/mol. The summed E-state index contributed by atoms with van der Waals surface area (Å²) in [4.78, 5) is 29.7. The average Bonchev–Trinajstić information content (AvgIpc) is 2.58. The lowest BCUT2D eigenvalue weighted by Crippen LogP contribution is -2.35. The minimum atomic E-state index is -2.69. The molecule has 1 aromatic heterocycles. The largest absolute Gasteiger partial charge is 0.332 e. The second-order valence-corrected chi connectivity index (χ2v) is 6.67. The molecule has 0 aliphatic carbocycles. The molecule has 1 N–H and O–H groups in total. The summed E-state index contributed by atoms with van der Waals surface area (Å²) in [5.74, 6) is -3.60. The van der Waals surface area contributed by atoms with Gasteiger partial charge in [0.05, 0.1) is 12.1 Å². The van der Waals surface area contributed by atoms with E-state index in [4.69, 9.17) is 0 Å². The van der Waals surface area contributed by atoms with Gasteiger partial charge in [-0.15, -0.1) is 0 Å². The average molecular weight is 379 g/mol. The van der Waals surface area contributed by atoms with Crippen molar-refractivity contribution in [3.8, 4) is 0 Å². The molecule has 26 heavy (non-hydrogen) atoms. The molecule has 1 heterocycles. The van der Waals surface area contributed by atoms with Crippen molar-refractivity contribution in [1.29, 1.82) is 0 Å². The van der Waals surface area contributed by atoms with Crippen LogP contribution in [0.3, 0.4) is 0 Å². The molecular weight excluding hydrogens is 360 g/mol. The topological polar surface area (TPSA) is 62.3 Å². The van der Waals surface area contributed by atoms with E-state index >= 15 is 0 Å². The van der Waals surface area contributed by atoms with Gasteiger partial charge in [0.1, 0.15) is 5.03 Å². The van der Waals surface area contributed by atoms with Crippen LogP contribution in [-0.4, -0.2) is 41.0 Å².